The highest BCUT2D eigenvalue weighted by molar-refractivity contribution is 7.03. The smallest absolute Gasteiger partial charge is 0.0927 e. The predicted molar refractivity (Wildman–Crippen MR) is 55.8 cm³/mol. The fourth-order valence-corrected chi connectivity index (χ4v) is 2.14. The van der Waals surface area contributed by atoms with E-state index >= 15 is 0 Å². The van der Waals surface area contributed by atoms with Gasteiger partial charge in [-0.3, -0.25) is 0 Å². The SMILES string of the molecule is CCCC(C)C(NC)c1csnn1. The highest BCUT2D eigenvalue weighted by atomic mass is 32.1. The van der Waals surface area contributed by atoms with E-state index in [1.54, 1.807) is 0 Å². The normalized spacial score (nSPS) is 15.6. The number of nitrogens with one attached hydrogen (secondary N) is 1. The van der Waals surface area contributed by atoms with E-state index in [1.165, 1.54) is 24.4 Å². The average Bonchev–Trinajstić information content (AvgIpc) is 2.59. The van der Waals surface area contributed by atoms with Crippen LogP contribution in [0.1, 0.15) is 38.4 Å². The highest BCUT2D eigenvalue weighted by Gasteiger charge is 2.18. The molecule has 2 unspecified atom stereocenters. The van der Waals surface area contributed by atoms with Crippen LogP contribution in [0.2, 0.25) is 0 Å². The largest absolute Gasteiger partial charge is 0.311 e. The van der Waals surface area contributed by atoms with Crippen LogP contribution >= 0.6 is 11.5 Å². The Morgan fingerprint density at radius 2 is 2.38 bits per heavy atom. The lowest BCUT2D eigenvalue weighted by molar-refractivity contribution is 0.376. The van der Waals surface area contributed by atoms with Crippen LogP contribution < -0.4 is 5.32 Å². The van der Waals surface area contributed by atoms with Crippen LogP contribution in [-0.2, 0) is 0 Å². The van der Waals surface area contributed by atoms with E-state index in [4.69, 9.17) is 0 Å². The third-order valence-electron chi connectivity index (χ3n) is 2.32. The van der Waals surface area contributed by atoms with Gasteiger partial charge in [-0.15, -0.1) is 5.10 Å². The molecule has 1 heterocycles. The van der Waals surface area contributed by atoms with Crippen molar-refractivity contribution in [2.45, 2.75) is 32.7 Å². The van der Waals surface area contributed by atoms with Gasteiger partial charge in [0.2, 0.25) is 0 Å². The van der Waals surface area contributed by atoms with Gasteiger partial charge < -0.3 is 5.32 Å². The fraction of sp³-hybridized carbons (Fsp3) is 0.778. The van der Waals surface area contributed by atoms with E-state index in [9.17, 15) is 0 Å². The highest BCUT2D eigenvalue weighted by Crippen LogP contribution is 2.23. The molecule has 1 N–H and O–H groups in total. The summed E-state index contributed by atoms with van der Waals surface area (Å²) in [6.45, 7) is 4.46. The van der Waals surface area contributed by atoms with Crippen LogP contribution in [0.15, 0.2) is 5.38 Å². The number of nitrogens with zero attached hydrogens (tertiary/aromatic N) is 2. The van der Waals surface area contributed by atoms with Crippen molar-refractivity contribution in [3.05, 3.63) is 11.1 Å². The fourth-order valence-electron chi connectivity index (χ4n) is 1.65. The molecule has 0 radical (unpaired) electrons. The molecule has 1 aromatic rings. The molecule has 0 amide bonds. The van der Waals surface area contributed by atoms with Gasteiger partial charge in [0.05, 0.1) is 11.7 Å². The van der Waals surface area contributed by atoms with E-state index in [0.29, 0.717) is 12.0 Å². The molecule has 3 nitrogen and oxygen atoms in total. The number of aromatic nitrogens is 2. The van der Waals surface area contributed by atoms with Crippen molar-refractivity contribution in [1.82, 2.24) is 14.9 Å². The summed E-state index contributed by atoms with van der Waals surface area (Å²) in [7, 11) is 1.98. The molecule has 0 saturated heterocycles. The van der Waals surface area contributed by atoms with Crippen LogP contribution in [0.5, 0.6) is 0 Å². The van der Waals surface area contributed by atoms with Gasteiger partial charge in [0.15, 0.2) is 0 Å². The summed E-state index contributed by atoms with van der Waals surface area (Å²) in [5, 5.41) is 9.41. The minimum atomic E-state index is 0.360. The Morgan fingerprint density at radius 1 is 1.62 bits per heavy atom. The van der Waals surface area contributed by atoms with Gasteiger partial charge in [-0.05, 0) is 30.9 Å². The summed E-state index contributed by atoms with van der Waals surface area (Å²) in [5.74, 6) is 0.624. The third kappa shape index (κ3) is 2.74. The van der Waals surface area contributed by atoms with Crippen molar-refractivity contribution in [1.29, 1.82) is 0 Å². The van der Waals surface area contributed by atoms with Gasteiger partial charge in [-0.25, -0.2) is 0 Å². The molecule has 0 aliphatic carbocycles. The maximum atomic E-state index is 4.10. The van der Waals surface area contributed by atoms with E-state index in [-0.39, 0.29) is 0 Å². The number of hydrogen-bond donors (Lipinski definition) is 1. The molecule has 4 heteroatoms. The zero-order valence-electron chi connectivity index (χ0n) is 8.45. The van der Waals surface area contributed by atoms with E-state index in [1.807, 2.05) is 12.4 Å². The van der Waals surface area contributed by atoms with Crippen molar-refractivity contribution in [3.8, 4) is 0 Å². The van der Waals surface area contributed by atoms with Crippen molar-refractivity contribution in [2.75, 3.05) is 7.05 Å². The average molecular weight is 199 g/mol. The summed E-state index contributed by atoms with van der Waals surface area (Å²) in [6, 6.07) is 0.360. The number of hydrogen-bond acceptors (Lipinski definition) is 4. The standard InChI is InChI=1S/C9H17N3S/c1-4-5-7(2)9(10-3)8-6-13-12-11-8/h6-7,9-10H,4-5H2,1-3H3. The van der Waals surface area contributed by atoms with Crippen LogP contribution in [0.3, 0.4) is 0 Å². The minimum absolute atomic E-state index is 0.360. The summed E-state index contributed by atoms with van der Waals surface area (Å²) in [6.07, 6.45) is 2.44. The molecule has 13 heavy (non-hydrogen) atoms. The first-order valence-electron chi connectivity index (χ1n) is 4.73. The maximum Gasteiger partial charge on any atom is 0.0927 e. The quantitative estimate of drug-likeness (QED) is 0.790. The number of rotatable bonds is 5. The van der Waals surface area contributed by atoms with Crippen molar-refractivity contribution >= 4 is 11.5 Å². The molecular weight excluding hydrogens is 182 g/mol. The molecule has 1 rings (SSSR count). The van der Waals surface area contributed by atoms with Crippen LogP contribution in [-0.4, -0.2) is 16.6 Å². The minimum Gasteiger partial charge on any atom is -0.311 e. The van der Waals surface area contributed by atoms with Gasteiger partial charge in [-0.2, -0.15) is 0 Å². The molecule has 2 atom stereocenters. The molecule has 74 valence electrons. The van der Waals surface area contributed by atoms with Gasteiger partial charge >= 0.3 is 0 Å². The third-order valence-corrected chi connectivity index (χ3v) is 2.84. The maximum absolute atomic E-state index is 4.10. The van der Waals surface area contributed by atoms with E-state index in [2.05, 4.69) is 28.8 Å². The second kappa shape index (κ2) is 5.29. The molecule has 0 saturated carbocycles. The van der Waals surface area contributed by atoms with Gasteiger partial charge in [-0.1, -0.05) is 24.8 Å². The Balaban J connectivity index is 2.62. The molecule has 1 aromatic heterocycles. The summed E-state index contributed by atoms with van der Waals surface area (Å²) < 4.78 is 3.89. The van der Waals surface area contributed by atoms with Crippen LogP contribution in [0.25, 0.3) is 0 Å². The molecule has 0 aromatic carbocycles. The lowest BCUT2D eigenvalue weighted by Crippen LogP contribution is -2.23. The van der Waals surface area contributed by atoms with Gasteiger partial charge in [0.25, 0.3) is 0 Å². The molecular formula is C9H17N3S. The lowest BCUT2D eigenvalue weighted by Gasteiger charge is -2.20. The molecule has 0 spiro atoms. The van der Waals surface area contributed by atoms with Gasteiger partial charge in [0.1, 0.15) is 0 Å². The zero-order valence-corrected chi connectivity index (χ0v) is 9.27. The van der Waals surface area contributed by atoms with E-state index in [0.717, 1.165) is 5.69 Å². The predicted octanol–water partition coefficient (Wildman–Crippen LogP) is 2.23. The van der Waals surface area contributed by atoms with Crippen molar-refractivity contribution < 1.29 is 0 Å². The first-order chi connectivity index (χ1) is 6.29. The molecule has 0 aliphatic rings. The molecule has 0 fully saturated rings. The lowest BCUT2D eigenvalue weighted by atomic mass is 9.95. The topological polar surface area (TPSA) is 37.8 Å². The second-order valence-corrected chi connectivity index (χ2v) is 3.97. The Kier molecular flexibility index (Phi) is 4.32. The molecule has 0 bridgehead atoms. The van der Waals surface area contributed by atoms with Crippen molar-refractivity contribution in [3.63, 3.8) is 0 Å². The summed E-state index contributed by atoms with van der Waals surface area (Å²) in [4.78, 5) is 0. The Morgan fingerprint density at radius 3 is 2.85 bits per heavy atom. The van der Waals surface area contributed by atoms with Gasteiger partial charge in [0, 0.05) is 5.38 Å². The van der Waals surface area contributed by atoms with Crippen LogP contribution in [0.4, 0.5) is 0 Å². The first kappa shape index (κ1) is 10.6. The summed E-state index contributed by atoms with van der Waals surface area (Å²) in [5.41, 5.74) is 1.08. The first-order valence-corrected chi connectivity index (χ1v) is 5.57. The van der Waals surface area contributed by atoms with Crippen LogP contribution in [0, 0.1) is 5.92 Å². The Bertz CT molecular complexity index is 223. The second-order valence-electron chi connectivity index (χ2n) is 3.36. The monoisotopic (exact) mass is 199 g/mol. The van der Waals surface area contributed by atoms with Crippen molar-refractivity contribution in [2.24, 2.45) is 5.92 Å². The Labute approximate surface area is 83.7 Å². The Hall–Kier alpha value is -0.480. The summed E-state index contributed by atoms with van der Waals surface area (Å²) >= 11 is 1.42. The molecule has 0 aliphatic heterocycles. The van der Waals surface area contributed by atoms with E-state index < -0.39 is 0 Å². The zero-order chi connectivity index (χ0) is 9.68.